The minimum absolute atomic E-state index is 0.104. The van der Waals surface area contributed by atoms with Gasteiger partial charge in [-0.2, -0.15) is 13.2 Å². The van der Waals surface area contributed by atoms with E-state index >= 15 is 0 Å². The van der Waals surface area contributed by atoms with E-state index in [0.717, 1.165) is 31.6 Å². The Morgan fingerprint density at radius 3 is 2.50 bits per heavy atom. The van der Waals surface area contributed by atoms with Crippen molar-refractivity contribution in [2.45, 2.75) is 57.9 Å². The van der Waals surface area contributed by atoms with Crippen LogP contribution in [0.25, 0.3) is 10.1 Å². The second kappa shape index (κ2) is 16.8. The topological polar surface area (TPSA) is 89.6 Å². The molecule has 2 unspecified atom stereocenters. The second-order valence-corrected chi connectivity index (χ2v) is 19.0. The zero-order valence-corrected chi connectivity index (χ0v) is 32.4. The number of ether oxygens (including phenoxy) is 4. The monoisotopic (exact) mass is 763 g/mol. The van der Waals surface area contributed by atoms with Crippen LogP contribution < -0.4 is 20.3 Å². The van der Waals surface area contributed by atoms with Gasteiger partial charge in [0.05, 0.1) is 53.7 Å². The third kappa shape index (κ3) is 11.1. The van der Waals surface area contributed by atoms with Gasteiger partial charge in [0.2, 0.25) is 0 Å². The molecule has 3 aromatic rings. The maximum absolute atomic E-state index is 14.0. The van der Waals surface area contributed by atoms with Gasteiger partial charge in [-0.25, -0.2) is 4.79 Å². The Bertz CT molecular complexity index is 1830. The first-order valence-electron chi connectivity index (χ1n) is 17.5. The minimum atomic E-state index is -4.46. The Morgan fingerprint density at radius 2 is 1.79 bits per heavy atom. The van der Waals surface area contributed by atoms with Crippen molar-refractivity contribution in [2.75, 3.05) is 83.3 Å². The third-order valence-corrected chi connectivity index (χ3v) is 11.5. The number of amides is 1. The number of rotatable bonds is 2. The fraction of sp³-hybridized carbons (Fsp3) is 0.553. The van der Waals surface area contributed by atoms with E-state index < -0.39 is 31.4 Å². The lowest BCUT2D eigenvalue weighted by Crippen LogP contribution is -2.45. The van der Waals surface area contributed by atoms with Gasteiger partial charge in [0.15, 0.2) is 0 Å². The second-order valence-electron chi connectivity index (χ2n) is 14.7. The Kier molecular flexibility index (Phi) is 12.9. The van der Waals surface area contributed by atoms with Crippen LogP contribution in [-0.4, -0.2) is 102 Å². The standard InChI is InChI=1S/C38H49F3N3O6PS/c1-37(2,3)50-36(45)44-14-8-11-34-31(24-38(39,40)41)30-9-7-10-33(35(30)52-34)42-32-12-15-43(4)25-26(32)13-16-47-17-18-48-19-20-49-28-21-27(44)22-29(23-28)51(5,6)46/h7,9-10,21-23,26,32,42H,12-20,24-25H2,1-6H3. The van der Waals surface area contributed by atoms with Gasteiger partial charge in [-0.3, -0.25) is 4.90 Å². The van der Waals surface area contributed by atoms with Gasteiger partial charge in [-0.15, -0.1) is 11.3 Å². The van der Waals surface area contributed by atoms with Crippen LogP contribution in [0.15, 0.2) is 36.4 Å². The van der Waals surface area contributed by atoms with E-state index in [2.05, 4.69) is 29.1 Å². The number of alkyl halides is 3. The highest BCUT2D eigenvalue weighted by molar-refractivity contribution is 7.70. The Balaban J connectivity index is 1.59. The van der Waals surface area contributed by atoms with Crippen LogP contribution in [0.1, 0.15) is 44.1 Å². The zero-order valence-electron chi connectivity index (χ0n) is 30.7. The van der Waals surface area contributed by atoms with E-state index in [1.165, 1.54) is 16.2 Å². The van der Waals surface area contributed by atoms with Crippen LogP contribution in [0.2, 0.25) is 0 Å². The molecule has 284 valence electrons. The number of carbonyl (C=O) groups is 1. The Hall–Kier alpha value is -3.27. The smallest absolute Gasteiger partial charge is 0.415 e. The van der Waals surface area contributed by atoms with Crippen LogP contribution in [0, 0.1) is 17.8 Å². The number of nitrogens with zero attached hydrogens (tertiary/aromatic N) is 2. The van der Waals surface area contributed by atoms with Crippen LogP contribution in [0.5, 0.6) is 5.75 Å². The molecule has 9 nitrogen and oxygen atoms in total. The molecule has 1 aromatic heterocycles. The summed E-state index contributed by atoms with van der Waals surface area (Å²) in [5, 5.41) is 4.67. The van der Waals surface area contributed by atoms with Crippen molar-refractivity contribution in [3.05, 3.63) is 46.8 Å². The quantitative estimate of drug-likeness (QED) is 0.211. The molecule has 1 saturated heterocycles. The van der Waals surface area contributed by atoms with Crippen molar-refractivity contribution in [3.63, 3.8) is 0 Å². The molecule has 2 aromatic carbocycles. The van der Waals surface area contributed by atoms with Crippen molar-refractivity contribution < 1.29 is 41.5 Å². The summed E-state index contributed by atoms with van der Waals surface area (Å²) in [6, 6.07) is 10.5. The molecule has 0 spiro atoms. The number of anilines is 2. The van der Waals surface area contributed by atoms with Gasteiger partial charge in [0, 0.05) is 30.6 Å². The van der Waals surface area contributed by atoms with Crippen molar-refractivity contribution >= 4 is 51.3 Å². The van der Waals surface area contributed by atoms with Crippen LogP contribution in [0.4, 0.5) is 29.3 Å². The maximum atomic E-state index is 14.0. The highest BCUT2D eigenvalue weighted by Crippen LogP contribution is 2.41. The normalized spacial score (nSPS) is 20.3. The molecule has 0 aliphatic carbocycles. The number of fused-ring (bicyclic) bond motifs is 4. The number of piperidine rings is 1. The summed E-state index contributed by atoms with van der Waals surface area (Å²) in [7, 11) is -0.740. The molecular formula is C38H49F3N3O6PS. The number of likely N-dealkylation sites (tertiary alicyclic amines) is 1. The van der Waals surface area contributed by atoms with E-state index in [9.17, 15) is 22.5 Å². The number of hydrogen-bond donors (Lipinski definition) is 1. The summed E-state index contributed by atoms with van der Waals surface area (Å²) in [5.74, 6) is 6.61. The molecule has 14 heteroatoms. The molecule has 52 heavy (non-hydrogen) atoms. The Labute approximate surface area is 308 Å². The first kappa shape index (κ1) is 39.9. The molecule has 0 radical (unpaired) electrons. The third-order valence-electron chi connectivity index (χ3n) is 8.84. The van der Waals surface area contributed by atoms with E-state index in [0.29, 0.717) is 46.6 Å². The van der Waals surface area contributed by atoms with E-state index in [1.807, 2.05) is 6.07 Å². The Morgan fingerprint density at radius 1 is 1.06 bits per heavy atom. The molecule has 1 N–H and O–H groups in total. The lowest BCUT2D eigenvalue weighted by molar-refractivity contribution is -0.126. The molecular weight excluding hydrogens is 714 g/mol. The highest BCUT2D eigenvalue weighted by atomic mass is 32.1. The SMILES string of the molecule is CN1CCC2Nc3cccc4c(CC(F)(F)F)c(sc34)C#CCN(C(=O)OC(C)(C)C)c3cc(cc(P(C)(C)=O)c3)OCCOCCOCCC2C1. The lowest BCUT2D eigenvalue weighted by Gasteiger charge is -2.38. The summed E-state index contributed by atoms with van der Waals surface area (Å²) in [6.45, 7) is 11.8. The number of carbonyl (C=O) groups excluding carboxylic acids is 1. The van der Waals surface area contributed by atoms with Crippen molar-refractivity contribution in [2.24, 2.45) is 5.92 Å². The summed E-state index contributed by atoms with van der Waals surface area (Å²) in [6.07, 6.45) is -4.63. The number of benzene rings is 2. The maximum Gasteiger partial charge on any atom is 0.415 e. The average molecular weight is 764 g/mol. The first-order valence-corrected chi connectivity index (χ1v) is 20.9. The van der Waals surface area contributed by atoms with E-state index in [1.54, 1.807) is 64.4 Å². The van der Waals surface area contributed by atoms with E-state index in [4.69, 9.17) is 18.9 Å². The molecule has 1 fully saturated rings. The first-order chi connectivity index (χ1) is 24.5. The van der Waals surface area contributed by atoms with Gasteiger partial charge in [-0.1, -0.05) is 24.0 Å². The van der Waals surface area contributed by atoms with Crippen molar-refractivity contribution in [1.82, 2.24) is 4.90 Å². The number of nitrogens with one attached hydrogen (secondary N) is 1. The molecule has 4 bridgehead atoms. The zero-order chi connectivity index (χ0) is 37.7. The molecule has 2 aliphatic heterocycles. The minimum Gasteiger partial charge on any atom is -0.491 e. The molecule has 5 rings (SSSR count). The van der Waals surface area contributed by atoms with Crippen LogP contribution in [0.3, 0.4) is 0 Å². The summed E-state index contributed by atoms with van der Waals surface area (Å²) >= 11 is 1.22. The molecule has 1 amide bonds. The molecule has 2 atom stereocenters. The lowest BCUT2D eigenvalue weighted by atomic mass is 9.89. The fourth-order valence-electron chi connectivity index (χ4n) is 6.33. The molecule has 0 saturated carbocycles. The van der Waals surface area contributed by atoms with Gasteiger partial charge in [-0.05, 0) is 95.6 Å². The fourth-order valence-corrected chi connectivity index (χ4v) is 8.38. The van der Waals surface area contributed by atoms with Crippen molar-refractivity contribution in [3.8, 4) is 17.6 Å². The van der Waals surface area contributed by atoms with Gasteiger partial charge in [0.1, 0.15) is 25.1 Å². The number of thiophene rings is 1. The molecule has 3 heterocycles. The summed E-state index contributed by atoms with van der Waals surface area (Å²) in [4.78, 5) is 17.5. The van der Waals surface area contributed by atoms with Gasteiger partial charge >= 0.3 is 12.3 Å². The van der Waals surface area contributed by atoms with Gasteiger partial charge < -0.3 is 33.7 Å². The van der Waals surface area contributed by atoms with E-state index in [-0.39, 0.29) is 42.2 Å². The van der Waals surface area contributed by atoms with Crippen LogP contribution in [-0.2, 0) is 25.2 Å². The van der Waals surface area contributed by atoms with Crippen LogP contribution >= 0.6 is 18.5 Å². The predicted molar refractivity (Wildman–Crippen MR) is 202 cm³/mol. The summed E-state index contributed by atoms with van der Waals surface area (Å²) in [5.41, 5.74) is 0.357. The average Bonchev–Trinajstić information content (AvgIpc) is 3.38. The predicted octanol–water partition coefficient (Wildman–Crippen LogP) is 7.60. The van der Waals surface area contributed by atoms with Gasteiger partial charge in [0.25, 0.3) is 0 Å². The van der Waals surface area contributed by atoms with Crippen molar-refractivity contribution in [1.29, 1.82) is 0 Å². The number of hydrogen-bond acceptors (Lipinski definition) is 9. The molecule has 2 aliphatic rings. The highest BCUT2D eigenvalue weighted by Gasteiger charge is 2.33. The largest absolute Gasteiger partial charge is 0.491 e. The number of halogens is 3. The summed E-state index contributed by atoms with van der Waals surface area (Å²) < 4.78 is 79.5.